The second-order valence-electron chi connectivity index (χ2n) is 5.13. The molecule has 1 saturated heterocycles. The topological polar surface area (TPSA) is 9.23 Å². The molecule has 0 saturated carbocycles. The molecule has 1 aliphatic rings. The third-order valence-corrected chi connectivity index (χ3v) is 3.95. The van der Waals surface area contributed by atoms with Crippen molar-refractivity contribution in [1.82, 2.24) is 0 Å². The Balaban J connectivity index is 2.70. The van der Waals surface area contributed by atoms with Gasteiger partial charge in [0.1, 0.15) is 0 Å². The quantitative estimate of drug-likeness (QED) is 0.607. The third kappa shape index (κ3) is 2.07. The van der Waals surface area contributed by atoms with Crippen molar-refractivity contribution >= 4 is 0 Å². The average molecular weight is 184 g/mol. The van der Waals surface area contributed by atoms with Gasteiger partial charge in [0.2, 0.25) is 0 Å². The molecular weight excluding hydrogens is 160 g/mol. The second kappa shape index (κ2) is 4.00. The first-order valence-electron chi connectivity index (χ1n) is 5.60. The third-order valence-electron chi connectivity index (χ3n) is 3.95. The Kier molecular flexibility index (Phi) is 3.39. The van der Waals surface area contributed by atoms with Crippen LogP contribution in [0.3, 0.4) is 0 Å². The van der Waals surface area contributed by atoms with Crippen LogP contribution in [0.5, 0.6) is 0 Å². The lowest BCUT2D eigenvalue weighted by Gasteiger charge is -2.44. The largest absolute Gasteiger partial charge is 0.374 e. The first-order valence-corrected chi connectivity index (χ1v) is 5.60. The maximum absolute atomic E-state index is 6.04. The van der Waals surface area contributed by atoms with E-state index in [1.807, 2.05) is 0 Å². The van der Waals surface area contributed by atoms with Gasteiger partial charge in [-0.25, -0.2) is 0 Å². The summed E-state index contributed by atoms with van der Waals surface area (Å²) in [6.07, 6.45) is 0.889. The minimum atomic E-state index is 0.429. The SMILES string of the molecule is CC(C)[C@@H]1O[C@H](C)[C@@H](C)[C@H](C)[C@H]1C. The summed E-state index contributed by atoms with van der Waals surface area (Å²) in [4.78, 5) is 0. The highest BCUT2D eigenvalue weighted by atomic mass is 16.5. The molecule has 0 aromatic rings. The molecule has 0 N–H and O–H groups in total. The molecule has 0 aliphatic carbocycles. The molecule has 13 heavy (non-hydrogen) atoms. The molecule has 0 aromatic heterocycles. The highest BCUT2D eigenvalue weighted by molar-refractivity contribution is 4.85. The predicted molar refractivity (Wildman–Crippen MR) is 56.7 cm³/mol. The van der Waals surface area contributed by atoms with Gasteiger partial charge in [-0.2, -0.15) is 0 Å². The van der Waals surface area contributed by atoms with Crippen molar-refractivity contribution < 1.29 is 4.74 Å². The molecule has 5 atom stereocenters. The minimum absolute atomic E-state index is 0.429. The van der Waals surface area contributed by atoms with E-state index >= 15 is 0 Å². The maximum atomic E-state index is 6.04. The summed E-state index contributed by atoms with van der Waals surface area (Å²) in [5, 5.41) is 0. The van der Waals surface area contributed by atoms with Gasteiger partial charge in [0.25, 0.3) is 0 Å². The summed E-state index contributed by atoms with van der Waals surface area (Å²) in [6.45, 7) is 13.7. The highest BCUT2D eigenvalue weighted by Crippen LogP contribution is 2.37. The first-order chi connectivity index (χ1) is 5.95. The zero-order valence-corrected chi connectivity index (χ0v) is 9.87. The van der Waals surface area contributed by atoms with Crippen LogP contribution in [0.15, 0.2) is 0 Å². The zero-order valence-electron chi connectivity index (χ0n) is 9.87. The van der Waals surface area contributed by atoms with Crippen LogP contribution < -0.4 is 0 Å². The van der Waals surface area contributed by atoms with Gasteiger partial charge in [-0.3, -0.25) is 0 Å². The van der Waals surface area contributed by atoms with Crippen LogP contribution in [0, 0.1) is 23.7 Å². The van der Waals surface area contributed by atoms with E-state index in [9.17, 15) is 0 Å². The lowest BCUT2D eigenvalue weighted by atomic mass is 9.74. The lowest BCUT2D eigenvalue weighted by molar-refractivity contribution is -0.141. The number of rotatable bonds is 1. The van der Waals surface area contributed by atoms with Crippen LogP contribution in [-0.2, 0) is 4.74 Å². The van der Waals surface area contributed by atoms with Gasteiger partial charge in [-0.15, -0.1) is 0 Å². The fraction of sp³-hybridized carbons (Fsp3) is 1.00. The normalized spacial score (nSPS) is 46.8. The van der Waals surface area contributed by atoms with Crippen molar-refractivity contribution in [3.8, 4) is 0 Å². The predicted octanol–water partition coefficient (Wildman–Crippen LogP) is 3.34. The monoisotopic (exact) mass is 184 g/mol. The Bertz CT molecular complexity index is 165. The highest BCUT2D eigenvalue weighted by Gasteiger charge is 2.37. The Morgan fingerprint density at radius 3 is 1.85 bits per heavy atom. The molecule has 1 fully saturated rings. The number of ether oxygens (including phenoxy) is 1. The fourth-order valence-corrected chi connectivity index (χ4v) is 2.47. The lowest BCUT2D eigenvalue weighted by Crippen LogP contribution is -2.45. The van der Waals surface area contributed by atoms with E-state index in [4.69, 9.17) is 4.74 Å². The Morgan fingerprint density at radius 1 is 0.846 bits per heavy atom. The summed E-state index contributed by atoms with van der Waals surface area (Å²) < 4.78 is 6.04. The smallest absolute Gasteiger partial charge is 0.0629 e. The molecular formula is C12H24O. The summed E-state index contributed by atoms with van der Waals surface area (Å²) in [6, 6.07) is 0. The van der Waals surface area contributed by atoms with E-state index in [2.05, 4.69) is 41.5 Å². The van der Waals surface area contributed by atoms with Crippen molar-refractivity contribution in [3.05, 3.63) is 0 Å². The molecule has 1 rings (SSSR count). The average Bonchev–Trinajstić information content (AvgIpc) is 2.07. The molecule has 1 nitrogen and oxygen atoms in total. The summed E-state index contributed by atoms with van der Waals surface area (Å²) in [5.41, 5.74) is 0. The van der Waals surface area contributed by atoms with Gasteiger partial charge >= 0.3 is 0 Å². The van der Waals surface area contributed by atoms with Crippen LogP contribution >= 0.6 is 0 Å². The minimum Gasteiger partial charge on any atom is -0.374 e. The van der Waals surface area contributed by atoms with Crippen molar-refractivity contribution in [2.45, 2.75) is 53.8 Å². The number of hydrogen-bond donors (Lipinski definition) is 0. The van der Waals surface area contributed by atoms with E-state index in [0.29, 0.717) is 30.0 Å². The molecule has 1 heteroatoms. The molecule has 0 spiro atoms. The summed E-state index contributed by atoms with van der Waals surface area (Å²) in [7, 11) is 0. The molecule has 78 valence electrons. The van der Waals surface area contributed by atoms with E-state index in [-0.39, 0.29) is 0 Å². The van der Waals surface area contributed by atoms with Gasteiger partial charge in [0, 0.05) is 0 Å². The van der Waals surface area contributed by atoms with E-state index < -0.39 is 0 Å². The van der Waals surface area contributed by atoms with Crippen molar-refractivity contribution in [3.63, 3.8) is 0 Å². The molecule has 0 bridgehead atoms. The second-order valence-corrected chi connectivity index (χ2v) is 5.13. The molecule has 1 aliphatic heterocycles. The molecule has 0 amide bonds. The van der Waals surface area contributed by atoms with Crippen LogP contribution in [-0.4, -0.2) is 12.2 Å². The molecule has 0 radical (unpaired) electrons. The van der Waals surface area contributed by atoms with Crippen LogP contribution in [0.2, 0.25) is 0 Å². The van der Waals surface area contributed by atoms with E-state index in [1.165, 1.54) is 0 Å². The Labute approximate surface area is 82.9 Å². The summed E-state index contributed by atoms with van der Waals surface area (Å²) >= 11 is 0. The molecule has 0 aromatic carbocycles. The van der Waals surface area contributed by atoms with Crippen molar-refractivity contribution in [2.24, 2.45) is 23.7 Å². The Morgan fingerprint density at radius 2 is 1.38 bits per heavy atom. The van der Waals surface area contributed by atoms with Gasteiger partial charge in [0.05, 0.1) is 12.2 Å². The van der Waals surface area contributed by atoms with Crippen LogP contribution in [0.25, 0.3) is 0 Å². The standard InChI is InChI=1S/C12H24O/c1-7(2)12-10(5)8(3)9(4)11(6)13-12/h7-12H,1-6H3/t8-,9-,10+,11+,12-/m0/s1. The maximum Gasteiger partial charge on any atom is 0.0629 e. The van der Waals surface area contributed by atoms with Crippen molar-refractivity contribution in [2.75, 3.05) is 0 Å². The van der Waals surface area contributed by atoms with Crippen LogP contribution in [0.1, 0.15) is 41.5 Å². The van der Waals surface area contributed by atoms with E-state index in [0.717, 1.165) is 5.92 Å². The number of hydrogen-bond acceptors (Lipinski definition) is 1. The van der Waals surface area contributed by atoms with Gasteiger partial charge in [-0.1, -0.05) is 34.6 Å². The molecule has 1 heterocycles. The van der Waals surface area contributed by atoms with Gasteiger partial charge < -0.3 is 4.74 Å². The van der Waals surface area contributed by atoms with E-state index in [1.54, 1.807) is 0 Å². The summed E-state index contributed by atoms with van der Waals surface area (Å²) in [5.74, 6) is 2.83. The Hall–Kier alpha value is -0.0400. The fourth-order valence-electron chi connectivity index (χ4n) is 2.47. The van der Waals surface area contributed by atoms with Gasteiger partial charge in [0.15, 0.2) is 0 Å². The van der Waals surface area contributed by atoms with Crippen molar-refractivity contribution in [1.29, 1.82) is 0 Å². The molecule has 0 unspecified atom stereocenters. The van der Waals surface area contributed by atoms with Crippen LogP contribution in [0.4, 0.5) is 0 Å². The first kappa shape index (κ1) is 11.0. The van der Waals surface area contributed by atoms with Gasteiger partial charge in [-0.05, 0) is 30.6 Å². The zero-order chi connectivity index (χ0) is 10.2.